The third-order valence-corrected chi connectivity index (χ3v) is 2.56. The third kappa shape index (κ3) is 2.10. The van der Waals surface area contributed by atoms with Crippen molar-refractivity contribution in [1.82, 2.24) is 20.5 Å². The van der Waals surface area contributed by atoms with Gasteiger partial charge >= 0.3 is 0 Å². The van der Waals surface area contributed by atoms with Gasteiger partial charge in [0.05, 0.1) is 0 Å². The Bertz CT molecular complexity index is 290. The normalized spacial score (nSPS) is 18.0. The molecule has 2 N–H and O–H groups in total. The molecular weight excluding hydrogens is 180 g/mol. The quantitative estimate of drug-likeness (QED) is 0.733. The Morgan fingerprint density at radius 2 is 2.21 bits per heavy atom. The molecule has 1 aliphatic carbocycles. The Morgan fingerprint density at radius 1 is 1.43 bits per heavy atom. The Labute approximate surface area is 82.3 Å². The van der Waals surface area contributed by atoms with Crippen LogP contribution in [-0.4, -0.2) is 27.1 Å². The summed E-state index contributed by atoms with van der Waals surface area (Å²) < 4.78 is 0. The minimum atomic E-state index is -0.168. The van der Waals surface area contributed by atoms with Gasteiger partial charge in [0.15, 0.2) is 0 Å². The summed E-state index contributed by atoms with van der Waals surface area (Å²) in [4.78, 5) is 15.3. The molecule has 5 nitrogen and oxygen atoms in total. The standard InChI is InChI=1S/C9H14N4O/c14-9(8-10-6-11-13-8)12-7-4-2-1-3-5-7/h6-7H,1-5H2,(H,12,14)(H,10,11,13). The lowest BCUT2D eigenvalue weighted by atomic mass is 9.95. The molecule has 0 saturated heterocycles. The van der Waals surface area contributed by atoms with Gasteiger partial charge in [-0.3, -0.25) is 9.89 Å². The van der Waals surface area contributed by atoms with Gasteiger partial charge in [-0.2, -0.15) is 0 Å². The van der Waals surface area contributed by atoms with E-state index in [1.165, 1.54) is 25.6 Å². The highest BCUT2D eigenvalue weighted by Crippen LogP contribution is 2.17. The number of nitrogens with one attached hydrogen (secondary N) is 2. The molecule has 1 heterocycles. The molecule has 14 heavy (non-hydrogen) atoms. The van der Waals surface area contributed by atoms with Crippen LogP contribution >= 0.6 is 0 Å². The molecule has 0 unspecified atom stereocenters. The van der Waals surface area contributed by atoms with Crippen molar-refractivity contribution in [2.45, 2.75) is 38.1 Å². The van der Waals surface area contributed by atoms with E-state index in [1.807, 2.05) is 0 Å². The monoisotopic (exact) mass is 194 g/mol. The minimum Gasteiger partial charge on any atom is -0.347 e. The predicted octanol–water partition coefficient (Wildman–Crippen LogP) is 0.867. The van der Waals surface area contributed by atoms with Crippen LogP contribution in [0.1, 0.15) is 42.7 Å². The number of aromatic amines is 1. The molecule has 1 aliphatic rings. The summed E-state index contributed by atoms with van der Waals surface area (Å²) >= 11 is 0. The lowest BCUT2D eigenvalue weighted by Crippen LogP contribution is -2.36. The molecular formula is C9H14N4O. The van der Waals surface area contributed by atoms with Crippen molar-refractivity contribution < 1.29 is 4.79 Å². The van der Waals surface area contributed by atoms with Crippen LogP contribution in [-0.2, 0) is 0 Å². The smallest absolute Gasteiger partial charge is 0.291 e. The van der Waals surface area contributed by atoms with Gasteiger partial charge < -0.3 is 5.32 Å². The van der Waals surface area contributed by atoms with Crippen LogP contribution in [0.25, 0.3) is 0 Å². The highest BCUT2D eigenvalue weighted by molar-refractivity contribution is 5.90. The summed E-state index contributed by atoms with van der Waals surface area (Å²) in [6.07, 6.45) is 7.27. The molecule has 2 rings (SSSR count). The number of hydrogen-bond donors (Lipinski definition) is 2. The predicted molar refractivity (Wildman–Crippen MR) is 50.7 cm³/mol. The number of H-pyrrole nitrogens is 1. The van der Waals surface area contributed by atoms with Crippen molar-refractivity contribution in [3.8, 4) is 0 Å². The van der Waals surface area contributed by atoms with E-state index in [4.69, 9.17) is 0 Å². The van der Waals surface area contributed by atoms with E-state index >= 15 is 0 Å². The van der Waals surface area contributed by atoms with E-state index in [1.54, 1.807) is 0 Å². The number of nitrogens with zero attached hydrogens (tertiary/aromatic N) is 2. The molecule has 0 bridgehead atoms. The van der Waals surface area contributed by atoms with Crippen molar-refractivity contribution in [3.63, 3.8) is 0 Å². The number of rotatable bonds is 2. The van der Waals surface area contributed by atoms with Crippen LogP contribution in [0.15, 0.2) is 6.33 Å². The molecule has 76 valence electrons. The molecule has 0 radical (unpaired) electrons. The van der Waals surface area contributed by atoms with Crippen molar-refractivity contribution in [1.29, 1.82) is 0 Å². The molecule has 0 aliphatic heterocycles. The molecule has 1 fully saturated rings. The number of amides is 1. The van der Waals surface area contributed by atoms with E-state index in [2.05, 4.69) is 20.5 Å². The summed E-state index contributed by atoms with van der Waals surface area (Å²) in [5.41, 5.74) is 0. The second-order valence-corrected chi connectivity index (χ2v) is 3.63. The van der Waals surface area contributed by atoms with Crippen LogP contribution in [0.5, 0.6) is 0 Å². The van der Waals surface area contributed by atoms with E-state index in [9.17, 15) is 4.79 Å². The molecule has 0 spiro atoms. The van der Waals surface area contributed by atoms with Gasteiger partial charge in [-0.15, -0.1) is 5.10 Å². The average Bonchev–Trinajstić information content (AvgIpc) is 2.72. The van der Waals surface area contributed by atoms with Gasteiger partial charge in [-0.05, 0) is 12.8 Å². The average molecular weight is 194 g/mol. The van der Waals surface area contributed by atoms with Gasteiger partial charge in [0, 0.05) is 6.04 Å². The van der Waals surface area contributed by atoms with Crippen LogP contribution in [0.2, 0.25) is 0 Å². The first-order valence-corrected chi connectivity index (χ1v) is 5.03. The maximum Gasteiger partial charge on any atom is 0.291 e. The number of carbonyl (C=O) groups is 1. The molecule has 0 aromatic carbocycles. The van der Waals surface area contributed by atoms with Crippen molar-refractivity contribution >= 4 is 5.91 Å². The molecule has 5 heteroatoms. The summed E-state index contributed by atoms with van der Waals surface area (Å²) in [5.74, 6) is 0.0636. The van der Waals surface area contributed by atoms with Gasteiger partial charge in [-0.1, -0.05) is 19.3 Å². The zero-order chi connectivity index (χ0) is 9.80. The van der Waals surface area contributed by atoms with Gasteiger partial charge in [-0.25, -0.2) is 4.98 Å². The topological polar surface area (TPSA) is 70.7 Å². The molecule has 1 aromatic heterocycles. The Hall–Kier alpha value is -1.39. The van der Waals surface area contributed by atoms with E-state index in [-0.39, 0.29) is 11.7 Å². The van der Waals surface area contributed by atoms with Crippen LogP contribution < -0.4 is 5.32 Å². The fraction of sp³-hybridized carbons (Fsp3) is 0.667. The highest BCUT2D eigenvalue weighted by atomic mass is 16.2. The number of aromatic nitrogens is 3. The first-order chi connectivity index (χ1) is 6.86. The molecule has 1 saturated carbocycles. The third-order valence-electron chi connectivity index (χ3n) is 2.56. The lowest BCUT2D eigenvalue weighted by molar-refractivity contribution is 0.0917. The summed E-state index contributed by atoms with van der Waals surface area (Å²) in [5, 5.41) is 9.20. The SMILES string of the molecule is O=C(NC1CCCCC1)c1nc[nH]n1. The fourth-order valence-corrected chi connectivity index (χ4v) is 1.82. The van der Waals surface area contributed by atoms with Gasteiger partial charge in [0.2, 0.25) is 5.82 Å². The lowest BCUT2D eigenvalue weighted by Gasteiger charge is -2.21. The van der Waals surface area contributed by atoms with Gasteiger partial charge in [0.25, 0.3) is 5.91 Å². The second-order valence-electron chi connectivity index (χ2n) is 3.63. The van der Waals surface area contributed by atoms with E-state index < -0.39 is 0 Å². The summed E-state index contributed by atoms with van der Waals surface area (Å²) in [7, 11) is 0. The first-order valence-electron chi connectivity index (χ1n) is 5.03. The summed E-state index contributed by atoms with van der Waals surface area (Å²) in [6.45, 7) is 0. The Morgan fingerprint density at radius 3 is 2.86 bits per heavy atom. The number of hydrogen-bond acceptors (Lipinski definition) is 3. The number of carbonyl (C=O) groups excluding carboxylic acids is 1. The maximum absolute atomic E-state index is 11.5. The fourth-order valence-electron chi connectivity index (χ4n) is 1.82. The largest absolute Gasteiger partial charge is 0.347 e. The van der Waals surface area contributed by atoms with Crippen LogP contribution in [0.3, 0.4) is 0 Å². The van der Waals surface area contributed by atoms with E-state index in [0.29, 0.717) is 6.04 Å². The summed E-state index contributed by atoms with van der Waals surface area (Å²) in [6, 6.07) is 0.315. The maximum atomic E-state index is 11.5. The van der Waals surface area contributed by atoms with Crippen LogP contribution in [0.4, 0.5) is 0 Å². The van der Waals surface area contributed by atoms with Crippen molar-refractivity contribution in [2.24, 2.45) is 0 Å². The van der Waals surface area contributed by atoms with Crippen molar-refractivity contribution in [2.75, 3.05) is 0 Å². The second kappa shape index (κ2) is 4.21. The molecule has 0 atom stereocenters. The zero-order valence-corrected chi connectivity index (χ0v) is 7.99. The van der Waals surface area contributed by atoms with Crippen molar-refractivity contribution in [3.05, 3.63) is 12.2 Å². The van der Waals surface area contributed by atoms with Crippen LogP contribution in [0, 0.1) is 0 Å². The molecule has 1 aromatic rings. The van der Waals surface area contributed by atoms with E-state index in [0.717, 1.165) is 12.8 Å². The zero-order valence-electron chi connectivity index (χ0n) is 7.99. The highest BCUT2D eigenvalue weighted by Gasteiger charge is 2.17. The first kappa shape index (κ1) is 9.18. The molecule has 1 amide bonds. The van der Waals surface area contributed by atoms with Gasteiger partial charge in [0.1, 0.15) is 6.33 Å². The Kier molecular flexibility index (Phi) is 2.76. The minimum absolute atomic E-state index is 0.168. The Balaban J connectivity index is 1.87.